The third kappa shape index (κ3) is 8.82. The predicted octanol–water partition coefficient (Wildman–Crippen LogP) is 7.79. The van der Waals surface area contributed by atoms with Crippen LogP contribution in [0.15, 0.2) is 52.4 Å². The van der Waals surface area contributed by atoms with Crippen LogP contribution in [0.3, 0.4) is 0 Å². The minimum absolute atomic E-state index is 0.0894. The van der Waals surface area contributed by atoms with Gasteiger partial charge in [-0.25, -0.2) is 4.98 Å². The summed E-state index contributed by atoms with van der Waals surface area (Å²) in [7, 11) is 9.31. The second-order valence-electron chi connectivity index (χ2n) is 12.9. The molecule has 45 heavy (non-hydrogen) atoms. The molecule has 0 fully saturated rings. The van der Waals surface area contributed by atoms with E-state index in [4.69, 9.17) is 19.2 Å². The van der Waals surface area contributed by atoms with Gasteiger partial charge in [-0.05, 0) is 58.6 Å². The van der Waals surface area contributed by atoms with Gasteiger partial charge >= 0.3 is 0 Å². The largest absolute Gasteiger partial charge is 0.493 e. The van der Waals surface area contributed by atoms with E-state index in [2.05, 4.69) is 78.2 Å². The Morgan fingerprint density at radius 2 is 1.31 bits per heavy atom. The number of fused-ring (bicyclic) bond motifs is 1. The first-order chi connectivity index (χ1) is 21.4. The number of aromatic nitrogens is 2. The fraction of sp³-hybridized carbons (Fsp3) is 0.459. The van der Waals surface area contributed by atoms with E-state index < -0.39 is 0 Å². The molecule has 0 saturated heterocycles. The number of quaternary nitrogens is 1. The van der Waals surface area contributed by atoms with Crippen LogP contribution < -0.4 is 19.8 Å². The zero-order valence-electron chi connectivity index (χ0n) is 28.6. The maximum absolute atomic E-state index is 14.0. The standard InChI is InChI=1S/C37H50N3O4S/c1-25-16-26(2)19-29(18-25)23-40(5,6)15-13-11-10-12-14-39-36(41)31-22-32(42-7)34(43-8)35(44-9)33(31)38-37(39)45-24-30-20-27(3)17-28(4)21-30/h16-22H,10-15,23-24H2,1-9H3/q+1. The molecule has 7 nitrogen and oxygen atoms in total. The average Bonchev–Trinajstić information content (AvgIpc) is 2.96. The molecular weight excluding hydrogens is 582 g/mol. The summed E-state index contributed by atoms with van der Waals surface area (Å²) in [5.74, 6) is 2.00. The quantitative estimate of drug-likeness (QED) is 0.0577. The van der Waals surface area contributed by atoms with E-state index in [1.165, 1.54) is 33.4 Å². The Kier molecular flexibility index (Phi) is 11.6. The monoisotopic (exact) mass is 632 g/mol. The highest BCUT2D eigenvalue weighted by atomic mass is 32.2. The molecule has 0 saturated carbocycles. The highest BCUT2D eigenvalue weighted by molar-refractivity contribution is 7.98. The maximum Gasteiger partial charge on any atom is 0.262 e. The molecule has 1 aromatic heterocycles. The molecule has 8 heteroatoms. The van der Waals surface area contributed by atoms with Crippen molar-refractivity contribution in [3.63, 3.8) is 0 Å². The molecule has 0 atom stereocenters. The summed E-state index contributed by atoms with van der Waals surface area (Å²) >= 11 is 1.59. The normalized spacial score (nSPS) is 11.7. The van der Waals surface area contributed by atoms with Gasteiger partial charge in [-0.2, -0.15) is 0 Å². The fourth-order valence-corrected chi connectivity index (χ4v) is 7.26. The van der Waals surface area contributed by atoms with Crippen LogP contribution in [-0.4, -0.2) is 56.0 Å². The summed E-state index contributed by atoms with van der Waals surface area (Å²) in [5, 5.41) is 1.15. The van der Waals surface area contributed by atoms with Gasteiger partial charge in [0.1, 0.15) is 12.1 Å². The minimum Gasteiger partial charge on any atom is -0.493 e. The summed E-state index contributed by atoms with van der Waals surface area (Å²) < 4.78 is 19.7. The molecular formula is C37H50N3O4S+. The van der Waals surface area contributed by atoms with Gasteiger partial charge in [-0.1, -0.05) is 76.8 Å². The Labute approximate surface area is 273 Å². The molecule has 0 amide bonds. The Balaban J connectivity index is 1.51. The van der Waals surface area contributed by atoms with Gasteiger partial charge in [0, 0.05) is 17.9 Å². The number of benzene rings is 3. The van der Waals surface area contributed by atoms with Gasteiger partial charge in [-0.15, -0.1) is 0 Å². The smallest absolute Gasteiger partial charge is 0.262 e. The first-order valence-electron chi connectivity index (χ1n) is 15.8. The van der Waals surface area contributed by atoms with Crippen molar-refractivity contribution in [1.82, 2.24) is 9.55 Å². The third-order valence-electron chi connectivity index (χ3n) is 8.15. The van der Waals surface area contributed by atoms with Crippen LogP contribution in [0.1, 0.15) is 59.1 Å². The summed E-state index contributed by atoms with van der Waals surface area (Å²) in [6.45, 7) is 11.3. The van der Waals surface area contributed by atoms with E-state index >= 15 is 0 Å². The van der Waals surface area contributed by atoms with Crippen molar-refractivity contribution in [3.05, 3.63) is 86.2 Å². The molecule has 242 valence electrons. The molecule has 0 spiro atoms. The summed E-state index contributed by atoms with van der Waals surface area (Å²) in [6.07, 6.45) is 4.21. The number of ether oxygens (including phenoxy) is 3. The van der Waals surface area contributed by atoms with Crippen molar-refractivity contribution >= 4 is 22.7 Å². The molecule has 3 aromatic carbocycles. The van der Waals surface area contributed by atoms with Crippen molar-refractivity contribution in [2.75, 3.05) is 42.0 Å². The van der Waals surface area contributed by atoms with E-state index in [9.17, 15) is 4.79 Å². The van der Waals surface area contributed by atoms with Crippen LogP contribution in [0, 0.1) is 27.7 Å². The number of methoxy groups -OCH3 is 3. The molecule has 0 aliphatic heterocycles. The Morgan fingerprint density at radius 1 is 0.733 bits per heavy atom. The Hall–Kier alpha value is -3.49. The van der Waals surface area contributed by atoms with Crippen LogP contribution in [0.4, 0.5) is 0 Å². The van der Waals surface area contributed by atoms with Crippen molar-refractivity contribution < 1.29 is 18.7 Å². The van der Waals surface area contributed by atoms with E-state index in [0.717, 1.165) is 43.3 Å². The van der Waals surface area contributed by atoms with Crippen molar-refractivity contribution in [1.29, 1.82) is 0 Å². The Morgan fingerprint density at radius 3 is 1.89 bits per heavy atom. The van der Waals surface area contributed by atoms with Crippen molar-refractivity contribution in [2.24, 2.45) is 0 Å². The molecule has 0 aliphatic carbocycles. The molecule has 0 aliphatic rings. The molecule has 0 bridgehead atoms. The van der Waals surface area contributed by atoms with Crippen LogP contribution >= 0.6 is 11.8 Å². The van der Waals surface area contributed by atoms with Gasteiger partial charge in [0.05, 0.1) is 47.4 Å². The first kappa shape index (κ1) is 34.4. The lowest BCUT2D eigenvalue weighted by Gasteiger charge is -2.30. The molecule has 4 rings (SSSR count). The summed E-state index contributed by atoms with van der Waals surface area (Å²) in [5.41, 5.74) is 8.11. The fourth-order valence-electron chi connectivity index (χ4n) is 6.31. The molecule has 0 radical (unpaired) electrons. The van der Waals surface area contributed by atoms with Crippen LogP contribution in [-0.2, 0) is 18.8 Å². The van der Waals surface area contributed by atoms with E-state index in [1.54, 1.807) is 39.2 Å². The SMILES string of the molecule is COc1cc2c(=O)n(CCCCCC[N+](C)(C)Cc3cc(C)cc(C)c3)c(SCc3cc(C)cc(C)c3)nc2c(OC)c1OC. The number of unbranched alkanes of at least 4 members (excludes halogenated alkanes) is 3. The van der Waals surface area contributed by atoms with Gasteiger partial charge in [0.25, 0.3) is 5.56 Å². The number of nitrogens with zero attached hydrogens (tertiary/aromatic N) is 3. The maximum atomic E-state index is 14.0. The second-order valence-corrected chi connectivity index (χ2v) is 13.8. The number of hydrogen-bond donors (Lipinski definition) is 0. The number of thioether (sulfide) groups is 1. The van der Waals surface area contributed by atoms with E-state index in [0.29, 0.717) is 45.6 Å². The molecule has 1 heterocycles. The molecule has 0 unspecified atom stereocenters. The second kappa shape index (κ2) is 15.2. The average molecular weight is 633 g/mol. The number of rotatable bonds is 15. The van der Waals surface area contributed by atoms with Gasteiger partial charge in [-0.3, -0.25) is 9.36 Å². The molecule has 4 aromatic rings. The van der Waals surface area contributed by atoms with Crippen LogP contribution in [0.25, 0.3) is 10.9 Å². The number of hydrogen-bond acceptors (Lipinski definition) is 6. The first-order valence-corrected chi connectivity index (χ1v) is 16.8. The summed E-state index contributed by atoms with van der Waals surface area (Å²) in [4.78, 5) is 19.0. The lowest BCUT2D eigenvalue weighted by molar-refractivity contribution is -0.903. The van der Waals surface area contributed by atoms with Crippen molar-refractivity contribution in [2.45, 2.75) is 77.4 Å². The van der Waals surface area contributed by atoms with Crippen molar-refractivity contribution in [3.8, 4) is 17.2 Å². The van der Waals surface area contributed by atoms with Crippen LogP contribution in [0.5, 0.6) is 17.2 Å². The topological polar surface area (TPSA) is 62.6 Å². The lowest BCUT2D eigenvalue weighted by Crippen LogP contribution is -2.39. The zero-order valence-corrected chi connectivity index (χ0v) is 29.4. The van der Waals surface area contributed by atoms with Gasteiger partial charge in [0.2, 0.25) is 5.75 Å². The lowest BCUT2D eigenvalue weighted by atomic mass is 10.1. The highest BCUT2D eigenvalue weighted by Gasteiger charge is 2.22. The van der Waals surface area contributed by atoms with E-state index in [1.807, 2.05) is 4.57 Å². The number of aryl methyl sites for hydroxylation is 4. The summed E-state index contributed by atoms with van der Waals surface area (Å²) in [6, 6.07) is 15.1. The third-order valence-corrected chi connectivity index (χ3v) is 9.20. The molecule has 0 N–H and O–H groups in total. The zero-order chi connectivity index (χ0) is 32.7. The van der Waals surface area contributed by atoms with E-state index in [-0.39, 0.29) is 5.56 Å². The highest BCUT2D eigenvalue weighted by Crippen LogP contribution is 2.42. The Bertz CT molecular complexity index is 1660. The predicted molar refractivity (Wildman–Crippen MR) is 186 cm³/mol. The minimum atomic E-state index is -0.0894. The van der Waals surface area contributed by atoms with Gasteiger partial charge in [0.15, 0.2) is 16.7 Å². The van der Waals surface area contributed by atoms with Gasteiger partial charge < -0.3 is 18.7 Å². The van der Waals surface area contributed by atoms with Crippen LogP contribution in [0.2, 0.25) is 0 Å².